The standard InChI is InChI=1S/C16H30O2Si/c1-15(18-19(5,6)16(2,3)4)13-11-9-7-8-10-12-14-17/h7,9,11,13-15H,8,10,12H2,1-6H3/b9-7-,13-11+/t15-/m0/s1. The minimum absolute atomic E-state index is 0.153. The van der Waals surface area contributed by atoms with Gasteiger partial charge in [-0.2, -0.15) is 0 Å². The number of carbonyl (C=O) groups is 1. The number of rotatable bonds is 8. The second-order valence-corrected chi connectivity index (χ2v) is 11.3. The predicted molar refractivity (Wildman–Crippen MR) is 85.9 cm³/mol. The molecular formula is C16H30O2Si. The smallest absolute Gasteiger partial charge is 0.192 e. The van der Waals surface area contributed by atoms with E-state index >= 15 is 0 Å². The summed E-state index contributed by atoms with van der Waals surface area (Å²) in [5, 5.41) is 0.250. The van der Waals surface area contributed by atoms with Crippen LogP contribution in [-0.2, 0) is 9.22 Å². The lowest BCUT2D eigenvalue weighted by Gasteiger charge is -2.37. The number of allylic oxidation sites excluding steroid dienone is 3. The number of aldehydes is 1. The Balaban J connectivity index is 4.10. The van der Waals surface area contributed by atoms with Crippen molar-refractivity contribution in [3.8, 4) is 0 Å². The van der Waals surface area contributed by atoms with Crippen LogP contribution in [0.5, 0.6) is 0 Å². The summed E-state index contributed by atoms with van der Waals surface area (Å²) in [5.74, 6) is 0. The molecule has 0 aliphatic carbocycles. The van der Waals surface area contributed by atoms with Gasteiger partial charge in [-0.25, -0.2) is 0 Å². The van der Waals surface area contributed by atoms with E-state index in [4.69, 9.17) is 4.43 Å². The Morgan fingerprint density at radius 1 is 1.16 bits per heavy atom. The summed E-state index contributed by atoms with van der Waals surface area (Å²) in [5.41, 5.74) is 0. The van der Waals surface area contributed by atoms with Crippen LogP contribution in [0.25, 0.3) is 0 Å². The lowest BCUT2D eigenvalue weighted by Crippen LogP contribution is -2.42. The minimum Gasteiger partial charge on any atom is -0.411 e. The fourth-order valence-corrected chi connectivity index (χ4v) is 2.76. The van der Waals surface area contributed by atoms with E-state index in [1.807, 2.05) is 12.2 Å². The first kappa shape index (κ1) is 18.3. The van der Waals surface area contributed by atoms with Crippen molar-refractivity contribution in [3.05, 3.63) is 24.3 Å². The van der Waals surface area contributed by atoms with Crippen LogP contribution in [0.4, 0.5) is 0 Å². The van der Waals surface area contributed by atoms with Crippen LogP contribution >= 0.6 is 0 Å². The van der Waals surface area contributed by atoms with Gasteiger partial charge < -0.3 is 9.22 Å². The highest BCUT2D eigenvalue weighted by Gasteiger charge is 2.37. The van der Waals surface area contributed by atoms with E-state index < -0.39 is 8.32 Å². The third-order valence-corrected chi connectivity index (χ3v) is 8.18. The van der Waals surface area contributed by atoms with E-state index in [0.29, 0.717) is 6.42 Å². The molecular weight excluding hydrogens is 252 g/mol. The van der Waals surface area contributed by atoms with Gasteiger partial charge in [0.05, 0.1) is 6.10 Å². The first-order valence-electron chi connectivity index (χ1n) is 7.15. The molecule has 0 bridgehead atoms. The van der Waals surface area contributed by atoms with Crippen LogP contribution in [0.2, 0.25) is 18.1 Å². The van der Waals surface area contributed by atoms with E-state index in [1.54, 1.807) is 0 Å². The van der Waals surface area contributed by atoms with Gasteiger partial charge in [-0.1, -0.05) is 45.1 Å². The van der Waals surface area contributed by atoms with Gasteiger partial charge in [0.1, 0.15) is 6.29 Å². The van der Waals surface area contributed by atoms with E-state index in [9.17, 15) is 4.79 Å². The van der Waals surface area contributed by atoms with Crippen LogP contribution in [-0.4, -0.2) is 20.7 Å². The van der Waals surface area contributed by atoms with E-state index in [2.05, 4.69) is 52.9 Å². The third-order valence-electron chi connectivity index (χ3n) is 3.61. The highest BCUT2D eigenvalue weighted by molar-refractivity contribution is 6.74. The normalized spacial score (nSPS) is 15.3. The predicted octanol–water partition coefficient (Wildman–Crippen LogP) is 4.88. The Kier molecular flexibility index (Phi) is 8.19. The van der Waals surface area contributed by atoms with Crippen molar-refractivity contribution >= 4 is 14.6 Å². The maximum Gasteiger partial charge on any atom is 0.192 e. The minimum atomic E-state index is -1.67. The lowest BCUT2D eigenvalue weighted by molar-refractivity contribution is -0.107. The highest BCUT2D eigenvalue weighted by Crippen LogP contribution is 2.37. The molecule has 0 rings (SSSR count). The molecule has 0 aromatic rings. The van der Waals surface area contributed by atoms with Crippen molar-refractivity contribution in [1.29, 1.82) is 0 Å². The Bertz CT molecular complexity index is 311. The molecule has 0 aliphatic rings. The van der Waals surface area contributed by atoms with Crippen LogP contribution in [0, 0.1) is 0 Å². The molecule has 0 heterocycles. The molecule has 0 aliphatic heterocycles. The monoisotopic (exact) mass is 282 g/mol. The zero-order valence-electron chi connectivity index (χ0n) is 13.4. The number of unbranched alkanes of at least 4 members (excludes halogenated alkanes) is 2. The highest BCUT2D eigenvalue weighted by atomic mass is 28.4. The number of hydrogen-bond acceptors (Lipinski definition) is 2. The molecule has 0 aromatic carbocycles. The largest absolute Gasteiger partial charge is 0.411 e. The topological polar surface area (TPSA) is 26.3 Å². The maximum absolute atomic E-state index is 10.1. The van der Waals surface area contributed by atoms with E-state index in [-0.39, 0.29) is 11.1 Å². The average Bonchev–Trinajstić information content (AvgIpc) is 2.25. The molecule has 0 spiro atoms. The molecule has 0 radical (unpaired) electrons. The first-order valence-corrected chi connectivity index (χ1v) is 10.1. The van der Waals surface area contributed by atoms with Crippen molar-refractivity contribution in [1.82, 2.24) is 0 Å². The van der Waals surface area contributed by atoms with Gasteiger partial charge in [-0.3, -0.25) is 0 Å². The summed E-state index contributed by atoms with van der Waals surface area (Å²) in [6, 6.07) is 0. The van der Waals surface area contributed by atoms with Crippen molar-refractivity contribution in [3.63, 3.8) is 0 Å². The van der Waals surface area contributed by atoms with Gasteiger partial charge >= 0.3 is 0 Å². The van der Waals surface area contributed by atoms with Gasteiger partial charge in [0.15, 0.2) is 8.32 Å². The van der Waals surface area contributed by atoms with Crippen LogP contribution in [0.15, 0.2) is 24.3 Å². The Hall–Kier alpha value is -0.673. The van der Waals surface area contributed by atoms with E-state index in [1.165, 1.54) is 0 Å². The summed E-state index contributed by atoms with van der Waals surface area (Å²) >= 11 is 0. The quantitative estimate of drug-likeness (QED) is 0.274. The molecule has 0 aromatic heterocycles. The molecule has 0 amide bonds. The fraction of sp³-hybridized carbons (Fsp3) is 0.688. The summed E-state index contributed by atoms with van der Waals surface area (Å²) in [6.07, 6.45) is 11.9. The molecule has 0 fully saturated rings. The van der Waals surface area contributed by atoms with Gasteiger partial charge in [0, 0.05) is 6.42 Å². The molecule has 19 heavy (non-hydrogen) atoms. The molecule has 1 atom stereocenters. The summed E-state index contributed by atoms with van der Waals surface area (Å²) in [6.45, 7) is 13.4. The molecule has 0 N–H and O–H groups in total. The Morgan fingerprint density at radius 3 is 2.32 bits per heavy atom. The first-order chi connectivity index (χ1) is 8.70. The third kappa shape index (κ3) is 8.17. The lowest BCUT2D eigenvalue weighted by atomic mass is 10.2. The zero-order chi connectivity index (χ0) is 14.9. The molecule has 2 nitrogen and oxygen atoms in total. The van der Waals surface area contributed by atoms with E-state index in [0.717, 1.165) is 19.1 Å². The Labute approximate surface area is 120 Å². The molecule has 3 heteroatoms. The summed E-state index contributed by atoms with van der Waals surface area (Å²) in [7, 11) is -1.67. The summed E-state index contributed by atoms with van der Waals surface area (Å²) < 4.78 is 6.22. The maximum atomic E-state index is 10.1. The Morgan fingerprint density at radius 2 is 1.79 bits per heavy atom. The fourth-order valence-electron chi connectivity index (χ4n) is 1.40. The average molecular weight is 283 g/mol. The number of hydrogen-bond donors (Lipinski definition) is 0. The zero-order valence-corrected chi connectivity index (χ0v) is 14.4. The van der Waals surface area contributed by atoms with Crippen molar-refractivity contribution in [2.45, 2.75) is 71.2 Å². The van der Waals surface area contributed by atoms with Crippen LogP contribution in [0.1, 0.15) is 47.0 Å². The molecule has 0 saturated carbocycles. The van der Waals surface area contributed by atoms with Gasteiger partial charge in [0.25, 0.3) is 0 Å². The second kappa shape index (κ2) is 8.49. The molecule has 110 valence electrons. The molecule has 0 unspecified atom stereocenters. The van der Waals surface area contributed by atoms with Crippen molar-refractivity contribution < 1.29 is 9.22 Å². The number of carbonyl (C=O) groups excluding carboxylic acids is 1. The van der Waals surface area contributed by atoms with Crippen LogP contribution < -0.4 is 0 Å². The van der Waals surface area contributed by atoms with Gasteiger partial charge in [-0.05, 0) is 37.9 Å². The van der Waals surface area contributed by atoms with Gasteiger partial charge in [-0.15, -0.1) is 0 Å². The second-order valence-electron chi connectivity index (χ2n) is 6.49. The SMILES string of the molecule is C[C@@H](/C=C/C=C\CCCC=O)O[Si](C)(C)C(C)(C)C. The van der Waals surface area contributed by atoms with Gasteiger partial charge in [0.2, 0.25) is 0 Å². The molecule has 0 saturated heterocycles. The van der Waals surface area contributed by atoms with Crippen molar-refractivity contribution in [2.75, 3.05) is 0 Å². The van der Waals surface area contributed by atoms with Crippen LogP contribution in [0.3, 0.4) is 0 Å². The summed E-state index contributed by atoms with van der Waals surface area (Å²) in [4.78, 5) is 10.1. The van der Waals surface area contributed by atoms with Crippen molar-refractivity contribution in [2.24, 2.45) is 0 Å².